The number of hydrogen-bond donors (Lipinski definition) is 0. The second-order valence-corrected chi connectivity index (χ2v) is 9.18. The Morgan fingerprint density at radius 2 is 1.61 bits per heavy atom. The lowest BCUT2D eigenvalue weighted by Crippen LogP contribution is -2.53. The number of sulfonamides is 1. The smallest absolute Gasteiger partial charge is 0.243 e. The molecule has 1 aromatic rings. The molecule has 2 aliphatic rings. The molecule has 0 spiro atoms. The van der Waals surface area contributed by atoms with Crippen molar-refractivity contribution in [3.63, 3.8) is 0 Å². The Morgan fingerprint density at radius 1 is 1.07 bits per heavy atom. The molecule has 2 saturated heterocycles. The van der Waals surface area contributed by atoms with Crippen molar-refractivity contribution in [3.8, 4) is 0 Å². The van der Waals surface area contributed by atoms with Crippen molar-refractivity contribution in [2.75, 3.05) is 26.3 Å². The van der Waals surface area contributed by atoms with Gasteiger partial charge in [0.25, 0.3) is 0 Å². The van der Waals surface area contributed by atoms with Crippen LogP contribution < -0.4 is 0 Å². The minimum Gasteiger partial charge on any atom is -0.381 e. The number of benzene rings is 1. The van der Waals surface area contributed by atoms with Crippen molar-refractivity contribution in [3.05, 3.63) is 29.8 Å². The number of carbonyl (C=O) groups is 1. The molecule has 0 aliphatic carbocycles. The summed E-state index contributed by atoms with van der Waals surface area (Å²) in [5, 5.41) is 0. The summed E-state index contributed by atoms with van der Waals surface area (Å²) in [4.78, 5) is 14.1. The second kappa shape index (κ2) is 8.84. The quantitative estimate of drug-likeness (QED) is 0.740. The van der Waals surface area contributed by atoms with Gasteiger partial charge >= 0.3 is 0 Å². The van der Waals surface area contributed by atoms with Crippen LogP contribution >= 0.6 is 0 Å². The van der Waals surface area contributed by atoms with Crippen LogP contribution in [0.15, 0.2) is 23.1 Å². The highest BCUT2D eigenvalue weighted by molar-refractivity contribution is 7.89. The molecule has 1 amide bonds. The fraction of sp³-hybridized carbons (Fsp3) is 0.632. The number of ether oxygens (including phenoxy) is 1. The first-order chi connectivity index (χ1) is 13.3. The molecule has 6 nitrogen and oxygen atoms in total. The van der Waals surface area contributed by atoms with Crippen LogP contribution in [0, 0.1) is 11.6 Å². The van der Waals surface area contributed by atoms with Gasteiger partial charge in [0.2, 0.25) is 15.9 Å². The van der Waals surface area contributed by atoms with Crippen molar-refractivity contribution >= 4 is 15.9 Å². The van der Waals surface area contributed by atoms with Gasteiger partial charge in [-0.15, -0.1) is 0 Å². The van der Waals surface area contributed by atoms with Crippen molar-refractivity contribution in [1.29, 1.82) is 0 Å². The van der Waals surface area contributed by atoms with E-state index < -0.39 is 21.7 Å². The number of carbonyl (C=O) groups excluding carboxylic acids is 1. The van der Waals surface area contributed by atoms with Gasteiger partial charge in [-0.25, -0.2) is 17.2 Å². The topological polar surface area (TPSA) is 66.9 Å². The van der Waals surface area contributed by atoms with Gasteiger partial charge in [0, 0.05) is 50.9 Å². The zero-order valence-electron chi connectivity index (χ0n) is 15.9. The number of rotatable bonds is 5. The largest absolute Gasteiger partial charge is 0.381 e. The molecule has 9 heteroatoms. The van der Waals surface area contributed by atoms with Crippen LogP contribution in [-0.4, -0.2) is 61.9 Å². The average molecular weight is 416 g/mol. The Balaban J connectivity index is 1.72. The molecule has 0 saturated carbocycles. The summed E-state index contributed by atoms with van der Waals surface area (Å²) in [5.41, 5.74) is 0. The Labute approximate surface area is 164 Å². The molecule has 1 aromatic carbocycles. The summed E-state index contributed by atoms with van der Waals surface area (Å²) in [7, 11) is -3.98. The number of hydrogen-bond acceptors (Lipinski definition) is 4. The highest BCUT2D eigenvalue weighted by Crippen LogP contribution is 2.28. The molecule has 0 N–H and O–H groups in total. The molecule has 156 valence electrons. The van der Waals surface area contributed by atoms with Crippen LogP contribution in [0.5, 0.6) is 0 Å². The maximum Gasteiger partial charge on any atom is 0.243 e. The van der Waals surface area contributed by atoms with Crippen molar-refractivity contribution in [1.82, 2.24) is 9.21 Å². The summed E-state index contributed by atoms with van der Waals surface area (Å²) in [6.45, 7) is 3.49. The molecule has 0 unspecified atom stereocenters. The van der Waals surface area contributed by atoms with Gasteiger partial charge in [0.05, 0.1) is 4.90 Å². The first-order valence-electron chi connectivity index (χ1n) is 9.68. The van der Waals surface area contributed by atoms with E-state index in [1.54, 1.807) is 0 Å². The van der Waals surface area contributed by atoms with E-state index in [0.29, 0.717) is 38.5 Å². The van der Waals surface area contributed by atoms with E-state index in [1.165, 1.54) is 4.31 Å². The van der Waals surface area contributed by atoms with Gasteiger partial charge in [-0.1, -0.05) is 6.92 Å². The average Bonchev–Trinajstić information content (AvgIpc) is 2.68. The summed E-state index contributed by atoms with van der Waals surface area (Å²) >= 11 is 0. The van der Waals surface area contributed by atoms with Crippen LogP contribution in [0.3, 0.4) is 0 Å². The van der Waals surface area contributed by atoms with Crippen LogP contribution in [0.1, 0.15) is 39.0 Å². The summed E-state index contributed by atoms with van der Waals surface area (Å²) < 4.78 is 59.1. The summed E-state index contributed by atoms with van der Waals surface area (Å²) in [6.07, 6.45) is 2.97. The van der Waals surface area contributed by atoms with E-state index in [1.807, 2.05) is 11.8 Å². The third-order valence-corrected chi connectivity index (χ3v) is 7.34. The SMILES string of the molecule is CCC(=O)N(C1CCOCC1)C1CCN(S(=O)(=O)c2cc(F)cc(F)c2)CC1. The van der Waals surface area contributed by atoms with Gasteiger partial charge in [0.15, 0.2) is 0 Å². The fourth-order valence-electron chi connectivity index (χ4n) is 4.04. The lowest BCUT2D eigenvalue weighted by Gasteiger charge is -2.43. The van der Waals surface area contributed by atoms with Crippen LogP contribution in [-0.2, 0) is 19.6 Å². The number of halogens is 2. The van der Waals surface area contributed by atoms with Gasteiger partial charge < -0.3 is 9.64 Å². The zero-order chi connectivity index (χ0) is 20.3. The van der Waals surface area contributed by atoms with Gasteiger partial charge in [-0.3, -0.25) is 4.79 Å². The van der Waals surface area contributed by atoms with E-state index in [0.717, 1.165) is 25.0 Å². The molecule has 0 atom stereocenters. The predicted molar refractivity (Wildman–Crippen MR) is 99.1 cm³/mol. The molecule has 2 fully saturated rings. The third kappa shape index (κ3) is 4.52. The fourth-order valence-corrected chi connectivity index (χ4v) is 5.55. The minimum atomic E-state index is -3.98. The molecule has 0 aromatic heterocycles. The molecule has 0 radical (unpaired) electrons. The third-order valence-electron chi connectivity index (χ3n) is 5.47. The molecular formula is C19H26F2N2O4S. The van der Waals surface area contributed by atoms with Gasteiger partial charge in [-0.05, 0) is 37.8 Å². The van der Waals surface area contributed by atoms with E-state index in [4.69, 9.17) is 4.74 Å². The Hall–Kier alpha value is -1.58. The summed E-state index contributed by atoms with van der Waals surface area (Å²) in [6, 6.07) is 2.39. The monoisotopic (exact) mass is 416 g/mol. The molecular weight excluding hydrogens is 390 g/mol. The maximum absolute atomic E-state index is 13.4. The standard InChI is InChI=1S/C19H26F2N2O4S/c1-2-19(24)23(17-5-9-27-10-6-17)16-3-7-22(8-4-16)28(25,26)18-12-14(20)11-15(21)13-18/h11-13,16-17H,2-10H2,1H3. The predicted octanol–water partition coefficient (Wildman–Crippen LogP) is 2.54. The number of nitrogens with zero attached hydrogens (tertiary/aromatic N) is 2. The second-order valence-electron chi connectivity index (χ2n) is 7.24. The van der Waals surface area contributed by atoms with E-state index in [2.05, 4.69) is 0 Å². The summed E-state index contributed by atoms with van der Waals surface area (Å²) in [5.74, 6) is -1.78. The molecule has 28 heavy (non-hydrogen) atoms. The molecule has 2 heterocycles. The van der Waals surface area contributed by atoms with E-state index in [9.17, 15) is 22.0 Å². The maximum atomic E-state index is 13.4. The Bertz CT molecular complexity index is 784. The highest BCUT2D eigenvalue weighted by atomic mass is 32.2. The van der Waals surface area contributed by atoms with Crippen LogP contribution in [0.2, 0.25) is 0 Å². The van der Waals surface area contributed by atoms with Crippen molar-refractivity contribution < 1.29 is 26.7 Å². The molecule has 3 rings (SSSR count). The van der Waals surface area contributed by atoms with Gasteiger partial charge in [0.1, 0.15) is 11.6 Å². The lowest BCUT2D eigenvalue weighted by atomic mass is 9.98. The lowest BCUT2D eigenvalue weighted by molar-refractivity contribution is -0.139. The van der Waals surface area contributed by atoms with Crippen LogP contribution in [0.25, 0.3) is 0 Å². The van der Waals surface area contributed by atoms with Crippen molar-refractivity contribution in [2.45, 2.75) is 56.0 Å². The minimum absolute atomic E-state index is 0.0359. The van der Waals surface area contributed by atoms with E-state index >= 15 is 0 Å². The zero-order valence-corrected chi connectivity index (χ0v) is 16.8. The molecule has 0 bridgehead atoms. The Morgan fingerprint density at radius 3 is 2.14 bits per heavy atom. The first kappa shape index (κ1) is 21.1. The number of piperidine rings is 1. The van der Waals surface area contributed by atoms with E-state index in [-0.39, 0.29) is 36.0 Å². The van der Waals surface area contributed by atoms with Crippen molar-refractivity contribution in [2.24, 2.45) is 0 Å². The number of amides is 1. The normalized spacial score (nSPS) is 20.2. The first-order valence-corrected chi connectivity index (χ1v) is 11.1. The van der Waals surface area contributed by atoms with Gasteiger partial charge in [-0.2, -0.15) is 4.31 Å². The highest BCUT2D eigenvalue weighted by Gasteiger charge is 2.36. The van der Waals surface area contributed by atoms with Crippen LogP contribution in [0.4, 0.5) is 8.78 Å². The molecule has 2 aliphatic heterocycles. The Kier molecular flexibility index (Phi) is 6.67.